The van der Waals surface area contributed by atoms with E-state index < -0.39 is 34.3 Å². The Bertz CT molecular complexity index is 294. The van der Waals surface area contributed by atoms with Crippen LogP contribution in [0.5, 0.6) is 0 Å². The van der Waals surface area contributed by atoms with Crippen LogP contribution in [0.15, 0.2) is 0 Å². The largest absolute Gasteiger partial charge is 0.481 e. The van der Waals surface area contributed by atoms with Crippen LogP contribution in [0.2, 0.25) is 0 Å². The SMILES string of the molecule is O=C(O)C1C[C@H](O[N+](=O)[O-])[C@H](O[N+](=O)[O-])C1. The molecule has 0 radical (unpaired) electrons. The Morgan fingerprint density at radius 3 is 1.75 bits per heavy atom. The van der Waals surface area contributed by atoms with Crippen molar-refractivity contribution in [1.82, 2.24) is 0 Å². The van der Waals surface area contributed by atoms with Crippen molar-refractivity contribution in [1.29, 1.82) is 0 Å². The summed E-state index contributed by atoms with van der Waals surface area (Å²) >= 11 is 0. The zero-order valence-corrected chi connectivity index (χ0v) is 7.85. The molecule has 10 heteroatoms. The molecule has 0 aliphatic heterocycles. The van der Waals surface area contributed by atoms with Crippen molar-refractivity contribution in [2.24, 2.45) is 5.92 Å². The summed E-state index contributed by atoms with van der Waals surface area (Å²) in [5.74, 6) is -2.12. The van der Waals surface area contributed by atoms with E-state index in [1.54, 1.807) is 0 Å². The molecule has 0 aromatic rings. The first-order valence-corrected chi connectivity index (χ1v) is 4.25. The summed E-state index contributed by atoms with van der Waals surface area (Å²) in [6.07, 6.45) is -2.81. The van der Waals surface area contributed by atoms with Gasteiger partial charge in [0.1, 0.15) is 12.2 Å². The van der Waals surface area contributed by atoms with E-state index in [4.69, 9.17) is 5.11 Å². The molecule has 0 bridgehead atoms. The van der Waals surface area contributed by atoms with Crippen LogP contribution in [0, 0.1) is 26.1 Å². The lowest BCUT2D eigenvalue weighted by atomic mass is 10.1. The van der Waals surface area contributed by atoms with Crippen molar-refractivity contribution < 1.29 is 29.7 Å². The van der Waals surface area contributed by atoms with Gasteiger partial charge in [-0.15, -0.1) is 20.2 Å². The third-order valence-corrected chi connectivity index (χ3v) is 2.24. The van der Waals surface area contributed by atoms with Crippen molar-refractivity contribution in [3.63, 3.8) is 0 Å². The lowest BCUT2D eigenvalue weighted by molar-refractivity contribution is -0.797. The summed E-state index contributed by atoms with van der Waals surface area (Å²) in [7, 11) is 0. The van der Waals surface area contributed by atoms with Crippen LogP contribution in [0.1, 0.15) is 12.8 Å². The Morgan fingerprint density at radius 1 is 1.12 bits per heavy atom. The second-order valence-electron chi connectivity index (χ2n) is 3.24. The van der Waals surface area contributed by atoms with E-state index in [1.807, 2.05) is 0 Å². The summed E-state index contributed by atoms with van der Waals surface area (Å²) in [6, 6.07) is 0. The van der Waals surface area contributed by atoms with Crippen molar-refractivity contribution in [2.75, 3.05) is 0 Å². The smallest absolute Gasteiger partial charge is 0.306 e. The van der Waals surface area contributed by atoms with Gasteiger partial charge in [-0.1, -0.05) is 0 Å². The Morgan fingerprint density at radius 2 is 1.50 bits per heavy atom. The van der Waals surface area contributed by atoms with Crippen LogP contribution >= 0.6 is 0 Å². The van der Waals surface area contributed by atoms with Crippen molar-refractivity contribution in [3.8, 4) is 0 Å². The highest BCUT2D eigenvalue weighted by Gasteiger charge is 2.42. The molecule has 0 aromatic carbocycles. The van der Waals surface area contributed by atoms with Gasteiger partial charge in [-0.25, -0.2) is 0 Å². The van der Waals surface area contributed by atoms with Gasteiger partial charge in [-0.05, 0) is 12.8 Å². The molecular formula is C6H8N2O8. The van der Waals surface area contributed by atoms with E-state index >= 15 is 0 Å². The molecule has 90 valence electrons. The maximum atomic E-state index is 10.6. The number of rotatable bonds is 5. The van der Waals surface area contributed by atoms with E-state index in [9.17, 15) is 25.0 Å². The Balaban J connectivity index is 2.66. The number of carboxylic acids is 1. The molecule has 1 saturated carbocycles. The Kier molecular flexibility index (Phi) is 3.43. The molecule has 1 N–H and O–H groups in total. The summed E-state index contributed by atoms with van der Waals surface area (Å²) in [4.78, 5) is 39.0. The number of carboxylic acid groups (broad SMARTS) is 1. The van der Waals surface area contributed by atoms with E-state index in [1.165, 1.54) is 0 Å². The third kappa shape index (κ3) is 2.93. The zero-order valence-electron chi connectivity index (χ0n) is 7.85. The predicted octanol–water partition coefficient (Wildman–Crippen LogP) is -0.365. The van der Waals surface area contributed by atoms with Gasteiger partial charge in [0.25, 0.3) is 10.2 Å². The summed E-state index contributed by atoms with van der Waals surface area (Å²) in [6.45, 7) is 0. The normalized spacial score (nSPS) is 28.4. The topological polar surface area (TPSA) is 142 Å². The van der Waals surface area contributed by atoms with Crippen LogP contribution < -0.4 is 0 Å². The number of aliphatic carboxylic acids is 1. The Labute approximate surface area is 88.0 Å². The third-order valence-electron chi connectivity index (χ3n) is 2.24. The first kappa shape index (κ1) is 11.9. The van der Waals surface area contributed by atoms with E-state index in [0.717, 1.165) is 0 Å². The molecule has 0 amide bonds. The quantitative estimate of drug-likeness (QED) is 0.503. The average Bonchev–Trinajstić information content (AvgIpc) is 2.46. The molecule has 1 rings (SSSR count). The maximum Gasteiger partial charge on any atom is 0.306 e. The van der Waals surface area contributed by atoms with Gasteiger partial charge < -0.3 is 14.8 Å². The van der Waals surface area contributed by atoms with Gasteiger partial charge in [0.05, 0.1) is 5.92 Å². The summed E-state index contributed by atoms with van der Waals surface area (Å²) in [5, 5.41) is 26.6. The minimum absolute atomic E-state index is 0.186. The van der Waals surface area contributed by atoms with Crippen LogP contribution in [-0.2, 0) is 14.5 Å². The molecule has 0 saturated heterocycles. The lowest BCUT2D eigenvalue weighted by Gasteiger charge is -2.14. The molecular weight excluding hydrogens is 228 g/mol. The minimum Gasteiger partial charge on any atom is -0.481 e. The van der Waals surface area contributed by atoms with Crippen molar-refractivity contribution in [3.05, 3.63) is 20.2 Å². The van der Waals surface area contributed by atoms with E-state index in [0.29, 0.717) is 0 Å². The molecule has 1 aliphatic carbocycles. The van der Waals surface area contributed by atoms with Gasteiger partial charge in [-0.2, -0.15) is 0 Å². The first-order valence-electron chi connectivity index (χ1n) is 4.25. The number of nitrogens with zero attached hydrogens (tertiary/aromatic N) is 2. The molecule has 1 unspecified atom stereocenters. The second kappa shape index (κ2) is 4.59. The van der Waals surface area contributed by atoms with E-state index in [-0.39, 0.29) is 12.8 Å². The van der Waals surface area contributed by atoms with Gasteiger partial charge in [0, 0.05) is 0 Å². The standard InChI is InChI=1S/C6H8N2O8/c9-6(10)3-1-4(15-7(11)12)5(2-3)16-8(13)14/h3-5H,1-2H2,(H,9,10)/t3?,4-,5+. The molecule has 3 atom stereocenters. The highest BCUT2D eigenvalue weighted by atomic mass is 17.0. The van der Waals surface area contributed by atoms with Crippen molar-refractivity contribution >= 4 is 5.97 Å². The monoisotopic (exact) mass is 236 g/mol. The summed E-state index contributed by atoms with van der Waals surface area (Å²) < 4.78 is 0. The molecule has 0 spiro atoms. The van der Waals surface area contributed by atoms with Gasteiger partial charge in [-0.3, -0.25) is 4.79 Å². The lowest BCUT2D eigenvalue weighted by Crippen LogP contribution is -2.30. The van der Waals surface area contributed by atoms with Crippen LogP contribution in [0.4, 0.5) is 0 Å². The maximum absolute atomic E-state index is 10.6. The Hall–Kier alpha value is -2.13. The highest BCUT2D eigenvalue weighted by Crippen LogP contribution is 2.30. The molecule has 0 heterocycles. The molecule has 16 heavy (non-hydrogen) atoms. The fourth-order valence-electron chi connectivity index (χ4n) is 1.61. The van der Waals surface area contributed by atoms with Crippen molar-refractivity contribution in [2.45, 2.75) is 25.0 Å². The van der Waals surface area contributed by atoms with E-state index in [2.05, 4.69) is 9.68 Å². The van der Waals surface area contributed by atoms with Crippen LogP contribution in [-0.4, -0.2) is 33.5 Å². The van der Waals surface area contributed by atoms with Crippen LogP contribution in [0.25, 0.3) is 0 Å². The first-order chi connectivity index (χ1) is 7.40. The van der Waals surface area contributed by atoms with Gasteiger partial charge >= 0.3 is 5.97 Å². The highest BCUT2D eigenvalue weighted by molar-refractivity contribution is 5.70. The predicted molar refractivity (Wildman–Crippen MR) is 44.1 cm³/mol. The number of carbonyl (C=O) groups is 1. The van der Waals surface area contributed by atoms with Gasteiger partial charge in [0.2, 0.25) is 0 Å². The van der Waals surface area contributed by atoms with Gasteiger partial charge in [0.15, 0.2) is 0 Å². The second-order valence-corrected chi connectivity index (χ2v) is 3.24. The molecule has 0 aromatic heterocycles. The fraction of sp³-hybridized carbons (Fsp3) is 0.833. The molecule has 1 aliphatic rings. The molecule has 10 nitrogen and oxygen atoms in total. The average molecular weight is 236 g/mol. The van der Waals surface area contributed by atoms with Crippen LogP contribution in [0.3, 0.4) is 0 Å². The summed E-state index contributed by atoms with van der Waals surface area (Å²) in [5.41, 5.74) is 0. The fourth-order valence-corrected chi connectivity index (χ4v) is 1.61. The number of hydrogen-bond acceptors (Lipinski definition) is 7. The molecule has 1 fully saturated rings. The minimum atomic E-state index is -1.22. The number of hydrogen-bond donors (Lipinski definition) is 1. The zero-order chi connectivity index (χ0) is 12.3.